The van der Waals surface area contributed by atoms with E-state index < -0.39 is 5.97 Å². The Labute approximate surface area is 94.5 Å². The molecular weight excluding hydrogens is 208 g/mol. The number of hydrogen-bond donors (Lipinski definition) is 1. The minimum Gasteiger partial charge on any atom is -0.477 e. The normalized spacial score (nSPS) is 12.2. The summed E-state index contributed by atoms with van der Waals surface area (Å²) in [6.45, 7) is 7.25. The Hall–Kier alpha value is -1.65. The molecule has 0 amide bonds. The van der Waals surface area contributed by atoms with Gasteiger partial charge < -0.3 is 9.84 Å². The van der Waals surface area contributed by atoms with Crippen molar-refractivity contribution in [2.24, 2.45) is 0 Å². The van der Waals surface area contributed by atoms with E-state index in [4.69, 9.17) is 9.84 Å². The molecule has 0 spiro atoms. The number of rotatable bonds is 4. The summed E-state index contributed by atoms with van der Waals surface area (Å²) in [4.78, 5) is 11.1. The molecule has 0 radical (unpaired) electrons. The summed E-state index contributed by atoms with van der Waals surface area (Å²) in [5, 5.41) is 16.8. The molecule has 1 unspecified atom stereocenters. The van der Waals surface area contributed by atoms with Crippen molar-refractivity contribution in [3.8, 4) is 5.88 Å². The molecule has 5 heteroatoms. The second-order valence-electron chi connectivity index (χ2n) is 3.73. The van der Waals surface area contributed by atoms with Crippen molar-refractivity contribution in [2.45, 2.75) is 40.2 Å². The molecule has 1 heterocycles. The van der Waals surface area contributed by atoms with Crippen LogP contribution >= 0.6 is 0 Å². The highest BCUT2D eigenvalue weighted by molar-refractivity contribution is 5.92. The Bertz CT molecular complexity index is 404. The minimum absolute atomic E-state index is 0.0745. The first kappa shape index (κ1) is 12.4. The number of aromatic nitrogens is 2. The topological polar surface area (TPSA) is 72.3 Å². The van der Waals surface area contributed by atoms with Crippen molar-refractivity contribution in [2.75, 3.05) is 0 Å². The zero-order valence-electron chi connectivity index (χ0n) is 9.94. The SMILES string of the molecule is CCC(C)Oc1nnc(C)c(C)c1C(=O)O. The zero-order valence-corrected chi connectivity index (χ0v) is 9.94. The Kier molecular flexibility index (Phi) is 3.82. The Morgan fingerprint density at radius 1 is 1.44 bits per heavy atom. The third-order valence-electron chi connectivity index (χ3n) is 2.52. The number of aryl methyl sites for hydroxylation is 1. The smallest absolute Gasteiger partial charge is 0.341 e. The van der Waals surface area contributed by atoms with Gasteiger partial charge in [-0.1, -0.05) is 6.92 Å². The van der Waals surface area contributed by atoms with Gasteiger partial charge in [0, 0.05) is 0 Å². The van der Waals surface area contributed by atoms with Crippen LogP contribution in [0.4, 0.5) is 0 Å². The highest BCUT2D eigenvalue weighted by atomic mass is 16.5. The summed E-state index contributed by atoms with van der Waals surface area (Å²) in [7, 11) is 0. The Morgan fingerprint density at radius 3 is 2.56 bits per heavy atom. The maximum atomic E-state index is 11.1. The molecule has 16 heavy (non-hydrogen) atoms. The lowest BCUT2D eigenvalue weighted by atomic mass is 10.1. The summed E-state index contributed by atoms with van der Waals surface area (Å²) in [6, 6.07) is 0. The van der Waals surface area contributed by atoms with Gasteiger partial charge in [0.15, 0.2) is 0 Å². The summed E-state index contributed by atoms with van der Waals surface area (Å²) >= 11 is 0. The van der Waals surface area contributed by atoms with E-state index in [0.717, 1.165) is 6.42 Å². The van der Waals surface area contributed by atoms with Crippen LogP contribution in [0.5, 0.6) is 5.88 Å². The molecule has 0 aliphatic rings. The van der Waals surface area contributed by atoms with Crippen LogP contribution in [0.3, 0.4) is 0 Å². The van der Waals surface area contributed by atoms with Gasteiger partial charge in [0.05, 0.1) is 11.8 Å². The summed E-state index contributed by atoms with van der Waals surface area (Å²) in [6.07, 6.45) is 0.711. The van der Waals surface area contributed by atoms with Crippen molar-refractivity contribution in [3.63, 3.8) is 0 Å². The van der Waals surface area contributed by atoms with Crippen LogP contribution in [0.25, 0.3) is 0 Å². The fourth-order valence-electron chi connectivity index (χ4n) is 1.19. The average Bonchev–Trinajstić information content (AvgIpc) is 2.23. The van der Waals surface area contributed by atoms with E-state index in [-0.39, 0.29) is 17.5 Å². The van der Waals surface area contributed by atoms with Gasteiger partial charge in [-0.3, -0.25) is 0 Å². The van der Waals surface area contributed by atoms with E-state index in [1.165, 1.54) is 0 Å². The molecular formula is C11H16N2O3. The molecule has 0 fully saturated rings. The highest BCUT2D eigenvalue weighted by Crippen LogP contribution is 2.21. The fraction of sp³-hybridized carbons (Fsp3) is 0.545. The molecule has 1 atom stereocenters. The van der Waals surface area contributed by atoms with E-state index in [2.05, 4.69) is 10.2 Å². The van der Waals surface area contributed by atoms with Crippen molar-refractivity contribution < 1.29 is 14.6 Å². The molecule has 5 nitrogen and oxygen atoms in total. The van der Waals surface area contributed by atoms with Gasteiger partial charge in [0.25, 0.3) is 0 Å². The predicted octanol–water partition coefficient (Wildman–Crippen LogP) is 1.97. The first-order valence-electron chi connectivity index (χ1n) is 5.21. The lowest BCUT2D eigenvalue weighted by Gasteiger charge is -2.14. The molecule has 0 aliphatic heterocycles. The van der Waals surface area contributed by atoms with E-state index in [1.807, 2.05) is 13.8 Å². The number of hydrogen-bond acceptors (Lipinski definition) is 4. The summed E-state index contributed by atoms with van der Waals surface area (Å²) in [5.74, 6) is -0.932. The summed E-state index contributed by atoms with van der Waals surface area (Å²) < 4.78 is 5.44. The van der Waals surface area contributed by atoms with Crippen LogP contribution in [-0.2, 0) is 0 Å². The van der Waals surface area contributed by atoms with E-state index >= 15 is 0 Å². The molecule has 1 rings (SSSR count). The van der Waals surface area contributed by atoms with Gasteiger partial charge in [0.1, 0.15) is 5.56 Å². The third-order valence-corrected chi connectivity index (χ3v) is 2.52. The first-order chi connectivity index (χ1) is 7.47. The first-order valence-corrected chi connectivity index (χ1v) is 5.21. The number of carboxylic acids is 1. The quantitative estimate of drug-likeness (QED) is 0.846. The van der Waals surface area contributed by atoms with Gasteiger partial charge in [-0.2, -0.15) is 5.10 Å². The van der Waals surface area contributed by atoms with Crippen molar-refractivity contribution in [3.05, 3.63) is 16.8 Å². The second-order valence-corrected chi connectivity index (χ2v) is 3.73. The van der Waals surface area contributed by atoms with Crippen molar-refractivity contribution >= 4 is 5.97 Å². The Morgan fingerprint density at radius 2 is 2.06 bits per heavy atom. The standard InChI is InChI=1S/C11H16N2O3/c1-5-6(2)16-10-9(11(14)15)7(3)8(4)12-13-10/h6H,5H2,1-4H3,(H,14,15). The summed E-state index contributed by atoms with van der Waals surface area (Å²) in [5.41, 5.74) is 1.31. The van der Waals surface area contributed by atoms with Gasteiger partial charge in [0.2, 0.25) is 5.88 Å². The number of carbonyl (C=O) groups is 1. The number of aromatic carboxylic acids is 1. The molecule has 1 aromatic rings. The number of nitrogens with zero attached hydrogens (tertiary/aromatic N) is 2. The van der Waals surface area contributed by atoms with Crippen molar-refractivity contribution in [1.82, 2.24) is 10.2 Å². The van der Waals surface area contributed by atoms with Gasteiger partial charge in [-0.15, -0.1) is 5.10 Å². The Balaban J connectivity index is 3.18. The number of ether oxygens (including phenoxy) is 1. The van der Waals surface area contributed by atoms with Crippen LogP contribution in [0.15, 0.2) is 0 Å². The molecule has 0 aliphatic carbocycles. The van der Waals surface area contributed by atoms with Crippen LogP contribution in [0.1, 0.15) is 41.9 Å². The van der Waals surface area contributed by atoms with Crippen LogP contribution in [0.2, 0.25) is 0 Å². The molecule has 1 aromatic heterocycles. The zero-order chi connectivity index (χ0) is 12.3. The van der Waals surface area contributed by atoms with Gasteiger partial charge >= 0.3 is 5.97 Å². The van der Waals surface area contributed by atoms with E-state index in [1.54, 1.807) is 13.8 Å². The average molecular weight is 224 g/mol. The maximum Gasteiger partial charge on any atom is 0.341 e. The molecule has 1 N–H and O–H groups in total. The van der Waals surface area contributed by atoms with Crippen molar-refractivity contribution in [1.29, 1.82) is 0 Å². The van der Waals surface area contributed by atoms with Crippen LogP contribution in [-0.4, -0.2) is 27.4 Å². The van der Waals surface area contributed by atoms with E-state index in [9.17, 15) is 4.79 Å². The molecule has 0 saturated carbocycles. The highest BCUT2D eigenvalue weighted by Gasteiger charge is 2.20. The third kappa shape index (κ3) is 2.48. The number of carboxylic acid groups (broad SMARTS) is 1. The predicted molar refractivity (Wildman–Crippen MR) is 58.8 cm³/mol. The molecule has 0 bridgehead atoms. The van der Waals surface area contributed by atoms with Gasteiger partial charge in [-0.25, -0.2) is 4.79 Å². The van der Waals surface area contributed by atoms with Gasteiger partial charge in [-0.05, 0) is 32.8 Å². The monoisotopic (exact) mass is 224 g/mol. The second kappa shape index (κ2) is 4.92. The van der Waals surface area contributed by atoms with Crippen LogP contribution < -0.4 is 4.74 Å². The lowest BCUT2D eigenvalue weighted by molar-refractivity contribution is 0.0686. The fourth-order valence-corrected chi connectivity index (χ4v) is 1.19. The van der Waals surface area contributed by atoms with E-state index in [0.29, 0.717) is 11.3 Å². The molecule has 0 aromatic carbocycles. The molecule has 88 valence electrons. The largest absolute Gasteiger partial charge is 0.477 e. The van der Waals surface area contributed by atoms with Crippen LogP contribution in [0, 0.1) is 13.8 Å². The maximum absolute atomic E-state index is 11.1. The minimum atomic E-state index is -1.03. The molecule has 0 saturated heterocycles. The lowest BCUT2D eigenvalue weighted by Crippen LogP contribution is -2.16.